The van der Waals surface area contributed by atoms with Crippen LogP contribution in [0.4, 0.5) is 5.82 Å². The van der Waals surface area contributed by atoms with Crippen molar-refractivity contribution in [1.82, 2.24) is 14.8 Å². The maximum absolute atomic E-state index is 4.44. The molecule has 1 fully saturated rings. The average Bonchev–Trinajstić information content (AvgIpc) is 2.43. The molecule has 4 heteroatoms. The van der Waals surface area contributed by atoms with E-state index in [4.69, 9.17) is 0 Å². The SMILES string of the molecule is CCNc1ncccc1CN1CCN(C)C(CC)C1. The maximum atomic E-state index is 4.44. The first-order chi connectivity index (χ1) is 9.24. The number of anilines is 1. The lowest BCUT2D eigenvalue weighted by molar-refractivity contribution is 0.0884. The van der Waals surface area contributed by atoms with Crippen molar-refractivity contribution < 1.29 is 0 Å². The summed E-state index contributed by atoms with van der Waals surface area (Å²) >= 11 is 0. The van der Waals surface area contributed by atoms with E-state index < -0.39 is 0 Å². The summed E-state index contributed by atoms with van der Waals surface area (Å²) in [6.07, 6.45) is 3.08. The molecule has 0 spiro atoms. The molecule has 4 nitrogen and oxygen atoms in total. The molecule has 1 N–H and O–H groups in total. The molecule has 106 valence electrons. The van der Waals surface area contributed by atoms with Gasteiger partial charge in [-0.2, -0.15) is 0 Å². The Morgan fingerprint density at radius 3 is 2.95 bits per heavy atom. The normalized spacial score (nSPS) is 21.5. The quantitative estimate of drug-likeness (QED) is 0.880. The summed E-state index contributed by atoms with van der Waals surface area (Å²) < 4.78 is 0. The molecule has 1 saturated heterocycles. The summed E-state index contributed by atoms with van der Waals surface area (Å²) in [6.45, 7) is 9.78. The minimum absolute atomic E-state index is 0.688. The predicted octanol–water partition coefficient (Wildman–Crippen LogP) is 2.04. The highest BCUT2D eigenvalue weighted by atomic mass is 15.3. The molecule has 2 rings (SSSR count). The topological polar surface area (TPSA) is 31.4 Å². The summed E-state index contributed by atoms with van der Waals surface area (Å²) in [5, 5.41) is 3.35. The Kier molecular flexibility index (Phi) is 5.16. The number of hydrogen-bond donors (Lipinski definition) is 1. The third-order valence-electron chi connectivity index (χ3n) is 3.96. The van der Waals surface area contributed by atoms with Crippen LogP contribution in [0.15, 0.2) is 18.3 Å². The molecule has 1 atom stereocenters. The van der Waals surface area contributed by atoms with Crippen molar-refractivity contribution in [1.29, 1.82) is 0 Å². The molecule has 1 unspecified atom stereocenters. The third-order valence-corrected chi connectivity index (χ3v) is 3.96. The lowest BCUT2D eigenvalue weighted by Gasteiger charge is -2.39. The van der Waals surface area contributed by atoms with Crippen LogP contribution < -0.4 is 5.32 Å². The number of piperazine rings is 1. The molecule has 0 aromatic carbocycles. The van der Waals surface area contributed by atoms with Gasteiger partial charge in [0.1, 0.15) is 5.82 Å². The third kappa shape index (κ3) is 3.67. The number of nitrogens with one attached hydrogen (secondary N) is 1. The van der Waals surface area contributed by atoms with Crippen LogP contribution in [0.3, 0.4) is 0 Å². The number of hydrogen-bond acceptors (Lipinski definition) is 4. The Hall–Kier alpha value is -1.13. The van der Waals surface area contributed by atoms with Gasteiger partial charge in [0.15, 0.2) is 0 Å². The largest absolute Gasteiger partial charge is 0.370 e. The molecule has 19 heavy (non-hydrogen) atoms. The van der Waals surface area contributed by atoms with Crippen molar-refractivity contribution in [2.45, 2.75) is 32.9 Å². The van der Waals surface area contributed by atoms with Gasteiger partial charge in [-0.05, 0) is 26.5 Å². The first kappa shape index (κ1) is 14.3. The minimum Gasteiger partial charge on any atom is -0.370 e. The van der Waals surface area contributed by atoms with Crippen LogP contribution >= 0.6 is 0 Å². The highest BCUT2D eigenvalue weighted by molar-refractivity contribution is 5.43. The lowest BCUT2D eigenvalue weighted by Crippen LogP contribution is -2.50. The Morgan fingerprint density at radius 1 is 1.37 bits per heavy atom. The number of nitrogens with zero attached hydrogens (tertiary/aromatic N) is 3. The van der Waals surface area contributed by atoms with Gasteiger partial charge in [-0.15, -0.1) is 0 Å². The molecule has 0 radical (unpaired) electrons. The zero-order valence-electron chi connectivity index (χ0n) is 12.4. The van der Waals surface area contributed by atoms with Crippen LogP contribution in [-0.2, 0) is 6.54 Å². The molecule has 1 aliphatic rings. The molecular weight excluding hydrogens is 236 g/mol. The second-order valence-electron chi connectivity index (χ2n) is 5.32. The molecule has 1 aliphatic heterocycles. The van der Waals surface area contributed by atoms with Gasteiger partial charge in [-0.3, -0.25) is 4.90 Å². The summed E-state index contributed by atoms with van der Waals surface area (Å²) in [5.74, 6) is 1.04. The molecule has 1 aromatic heterocycles. The van der Waals surface area contributed by atoms with Crippen molar-refractivity contribution >= 4 is 5.82 Å². The van der Waals surface area contributed by atoms with Gasteiger partial charge in [-0.1, -0.05) is 13.0 Å². The van der Waals surface area contributed by atoms with E-state index in [-0.39, 0.29) is 0 Å². The smallest absolute Gasteiger partial charge is 0.130 e. The minimum atomic E-state index is 0.688. The maximum Gasteiger partial charge on any atom is 0.130 e. The van der Waals surface area contributed by atoms with Gasteiger partial charge >= 0.3 is 0 Å². The van der Waals surface area contributed by atoms with E-state index in [2.05, 4.69) is 47.1 Å². The molecule has 2 heterocycles. The van der Waals surface area contributed by atoms with Crippen molar-refractivity contribution in [3.05, 3.63) is 23.9 Å². The Bertz CT molecular complexity index is 393. The Morgan fingerprint density at radius 2 is 2.21 bits per heavy atom. The van der Waals surface area contributed by atoms with E-state index in [1.807, 2.05) is 12.3 Å². The number of aromatic nitrogens is 1. The zero-order chi connectivity index (χ0) is 13.7. The first-order valence-corrected chi connectivity index (χ1v) is 7.35. The molecular formula is C15H26N4. The first-order valence-electron chi connectivity index (χ1n) is 7.35. The van der Waals surface area contributed by atoms with Gasteiger partial charge in [0.25, 0.3) is 0 Å². The van der Waals surface area contributed by atoms with E-state index in [1.54, 1.807) is 0 Å². The van der Waals surface area contributed by atoms with Crippen LogP contribution in [0.1, 0.15) is 25.8 Å². The van der Waals surface area contributed by atoms with Crippen molar-refractivity contribution in [2.24, 2.45) is 0 Å². The van der Waals surface area contributed by atoms with E-state index in [0.29, 0.717) is 6.04 Å². The van der Waals surface area contributed by atoms with Crippen LogP contribution in [-0.4, -0.2) is 54.1 Å². The molecule has 0 saturated carbocycles. The van der Waals surface area contributed by atoms with Gasteiger partial charge in [0.2, 0.25) is 0 Å². The van der Waals surface area contributed by atoms with Crippen LogP contribution in [0.25, 0.3) is 0 Å². The number of rotatable bonds is 5. The van der Waals surface area contributed by atoms with Crippen molar-refractivity contribution in [2.75, 3.05) is 38.5 Å². The molecule has 0 aliphatic carbocycles. The second-order valence-corrected chi connectivity index (χ2v) is 5.32. The highest BCUT2D eigenvalue weighted by Crippen LogP contribution is 2.17. The van der Waals surface area contributed by atoms with Gasteiger partial charge in [0.05, 0.1) is 0 Å². The van der Waals surface area contributed by atoms with Gasteiger partial charge in [-0.25, -0.2) is 4.98 Å². The van der Waals surface area contributed by atoms with E-state index in [0.717, 1.165) is 38.5 Å². The average molecular weight is 262 g/mol. The van der Waals surface area contributed by atoms with Gasteiger partial charge in [0, 0.05) is 50.5 Å². The van der Waals surface area contributed by atoms with E-state index in [9.17, 15) is 0 Å². The van der Waals surface area contributed by atoms with Crippen LogP contribution in [0.2, 0.25) is 0 Å². The Labute approximate surface area is 116 Å². The van der Waals surface area contributed by atoms with Crippen LogP contribution in [0.5, 0.6) is 0 Å². The Balaban J connectivity index is 2.01. The number of likely N-dealkylation sites (N-methyl/N-ethyl adjacent to an activating group) is 1. The predicted molar refractivity (Wildman–Crippen MR) is 80.4 cm³/mol. The summed E-state index contributed by atoms with van der Waals surface area (Å²) in [4.78, 5) is 9.46. The van der Waals surface area contributed by atoms with Crippen LogP contribution in [0, 0.1) is 0 Å². The lowest BCUT2D eigenvalue weighted by atomic mass is 10.1. The van der Waals surface area contributed by atoms with E-state index >= 15 is 0 Å². The molecule has 0 bridgehead atoms. The summed E-state index contributed by atoms with van der Waals surface area (Å²) in [7, 11) is 2.24. The highest BCUT2D eigenvalue weighted by Gasteiger charge is 2.23. The fourth-order valence-electron chi connectivity index (χ4n) is 2.73. The summed E-state index contributed by atoms with van der Waals surface area (Å²) in [6, 6.07) is 4.90. The fourth-order valence-corrected chi connectivity index (χ4v) is 2.73. The van der Waals surface area contributed by atoms with Gasteiger partial charge < -0.3 is 10.2 Å². The summed E-state index contributed by atoms with van der Waals surface area (Å²) in [5.41, 5.74) is 1.31. The monoisotopic (exact) mass is 262 g/mol. The second kappa shape index (κ2) is 6.87. The molecule has 1 aromatic rings. The number of pyridine rings is 1. The zero-order valence-corrected chi connectivity index (χ0v) is 12.4. The molecule has 0 amide bonds. The fraction of sp³-hybridized carbons (Fsp3) is 0.667. The van der Waals surface area contributed by atoms with Crippen molar-refractivity contribution in [3.63, 3.8) is 0 Å². The van der Waals surface area contributed by atoms with Crippen molar-refractivity contribution in [3.8, 4) is 0 Å². The standard InChI is InChI=1S/C15H26N4/c1-4-14-12-19(10-9-18(14)3)11-13-7-6-8-17-15(13)16-5-2/h6-8,14H,4-5,9-12H2,1-3H3,(H,16,17). The van der Waals surface area contributed by atoms with E-state index in [1.165, 1.54) is 12.0 Å².